The molecule has 0 saturated heterocycles. The Hall–Kier alpha value is -1.19. The second kappa shape index (κ2) is 1.51. The molecule has 0 fully saturated rings. The predicted molar refractivity (Wildman–Crippen MR) is 19.4 cm³/mol. The molecule has 0 aliphatic carbocycles. The van der Waals surface area contributed by atoms with Gasteiger partial charge in [-0.1, -0.05) is 14.7 Å². The summed E-state index contributed by atoms with van der Waals surface area (Å²) in [6.07, 6.45) is 3.83. The van der Waals surface area contributed by atoms with Gasteiger partial charge >= 0.3 is 0 Å². The van der Waals surface area contributed by atoms with E-state index in [1.807, 2.05) is 0 Å². The molecular weight excluding hydrogens is 94.1 g/mol. The van der Waals surface area contributed by atoms with Crippen LogP contribution in [0.1, 0.15) is 0 Å². The first-order chi connectivity index (χ1) is 3.39. The van der Waals surface area contributed by atoms with Crippen molar-refractivity contribution in [2.45, 2.75) is 0 Å². The lowest BCUT2D eigenvalue weighted by molar-refractivity contribution is -0.908. The molecule has 0 bridgehead atoms. The van der Waals surface area contributed by atoms with Gasteiger partial charge in [-0.25, -0.2) is 0 Å². The third kappa shape index (κ3) is 0.819. The number of aromatic nitrogens is 3. The van der Waals surface area contributed by atoms with Crippen LogP contribution in [0.3, 0.4) is 0 Å². The molecule has 0 unspecified atom stereocenters. The maximum Gasteiger partial charge on any atom is 0.266 e. The molecule has 0 atom stereocenters. The largest absolute Gasteiger partial charge is 0.371 e. The maximum atomic E-state index is 8.42. The Kier molecular flexibility index (Phi) is 0.856. The number of nitrogens with zero attached hydrogens (tertiary/aromatic N) is 3. The molecular formula is C3H4N3O+. The lowest BCUT2D eigenvalue weighted by atomic mass is 11.1. The summed E-state index contributed by atoms with van der Waals surface area (Å²) < 4.78 is 0.778. The lowest BCUT2D eigenvalue weighted by Crippen LogP contribution is -2.29. The summed E-state index contributed by atoms with van der Waals surface area (Å²) in [5.74, 6) is 0. The molecule has 1 aromatic heterocycles. The summed E-state index contributed by atoms with van der Waals surface area (Å²) >= 11 is 0. The van der Waals surface area contributed by atoms with Gasteiger partial charge in [0.1, 0.15) is 0 Å². The number of hydrogen-bond acceptors (Lipinski definition) is 3. The average Bonchev–Trinajstić information content (AvgIpc) is 1.69. The minimum Gasteiger partial charge on any atom is -0.371 e. The van der Waals surface area contributed by atoms with Crippen LogP contribution in [0.2, 0.25) is 0 Å². The molecule has 36 valence electrons. The molecule has 1 aromatic rings. The Labute approximate surface area is 40.0 Å². The zero-order valence-electron chi connectivity index (χ0n) is 3.52. The van der Waals surface area contributed by atoms with Crippen molar-refractivity contribution in [3.8, 4) is 0 Å². The van der Waals surface area contributed by atoms with E-state index in [2.05, 4.69) is 9.97 Å². The Morgan fingerprint density at radius 2 is 1.86 bits per heavy atom. The van der Waals surface area contributed by atoms with E-state index in [9.17, 15) is 0 Å². The third-order valence-electron chi connectivity index (χ3n) is 0.503. The van der Waals surface area contributed by atoms with E-state index in [4.69, 9.17) is 5.21 Å². The van der Waals surface area contributed by atoms with Gasteiger partial charge < -0.3 is 5.21 Å². The van der Waals surface area contributed by atoms with E-state index in [1.54, 1.807) is 0 Å². The van der Waals surface area contributed by atoms with Crippen molar-refractivity contribution in [2.24, 2.45) is 0 Å². The smallest absolute Gasteiger partial charge is 0.266 e. The molecule has 4 nitrogen and oxygen atoms in total. The van der Waals surface area contributed by atoms with Crippen LogP contribution in [0.5, 0.6) is 0 Å². The van der Waals surface area contributed by atoms with Crippen LogP contribution in [0.15, 0.2) is 19.0 Å². The minimum absolute atomic E-state index is 0.778. The van der Waals surface area contributed by atoms with Gasteiger partial charge in [-0.05, 0) is 0 Å². The molecule has 1 rings (SSSR count). The van der Waals surface area contributed by atoms with Crippen LogP contribution < -0.4 is 4.73 Å². The van der Waals surface area contributed by atoms with Crippen molar-refractivity contribution in [3.05, 3.63) is 19.0 Å². The van der Waals surface area contributed by atoms with Crippen LogP contribution in [-0.2, 0) is 0 Å². The fourth-order valence-corrected chi connectivity index (χ4v) is 0.265. The number of hydrogen-bond donors (Lipinski definition) is 1. The number of rotatable bonds is 0. The van der Waals surface area contributed by atoms with Crippen molar-refractivity contribution in [1.29, 1.82) is 0 Å². The highest BCUT2D eigenvalue weighted by atomic mass is 16.5. The van der Waals surface area contributed by atoms with Gasteiger partial charge in [0.25, 0.3) is 19.0 Å². The second-order valence-electron chi connectivity index (χ2n) is 1.02. The van der Waals surface area contributed by atoms with Gasteiger partial charge in [-0.15, -0.1) is 0 Å². The first-order valence-electron chi connectivity index (χ1n) is 1.75. The van der Waals surface area contributed by atoms with E-state index in [1.165, 1.54) is 19.0 Å². The topological polar surface area (TPSA) is 49.9 Å². The van der Waals surface area contributed by atoms with E-state index < -0.39 is 0 Å². The Balaban J connectivity index is 3.02. The van der Waals surface area contributed by atoms with E-state index in [-0.39, 0.29) is 0 Å². The summed E-state index contributed by atoms with van der Waals surface area (Å²) in [4.78, 5) is 6.97. The van der Waals surface area contributed by atoms with Crippen LogP contribution in [-0.4, -0.2) is 15.2 Å². The molecule has 0 aliphatic rings. The molecule has 0 spiro atoms. The summed E-state index contributed by atoms with van der Waals surface area (Å²) in [6, 6.07) is 0. The highest BCUT2D eigenvalue weighted by molar-refractivity contribution is 4.40. The summed E-state index contributed by atoms with van der Waals surface area (Å²) in [5.41, 5.74) is 0. The summed E-state index contributed by atoms with van der Waals surface area (Å²) in [7, 11) is 0. The Bertz CT molecular complexity index is 140. The summed E-state index contributed by atoms with van der Waals surface area (Å²) in [5, 5.41) is 8.42. The van der Waals surface area contributed by atoms with Crippen molar-refractivity contribution < 1.29 is 9.94 Å². The molecule has 0 aliphatic heterocycles. The first-order valence-corrected chi connectivity index (χ1v) is 1.75. The zero-order chi connectivity index (χ0) is 5.11. The van der Waals surface area contributed by atoms with Gasteiger partial charge in [0.15, 0.2) is 0 Å². The molecule has 0 amide bonds. The normalized spacial score (nSPS) is 8.57. The van der Waals surface area contributed by atoms with Crippen LogP contribution in [0.4, 0.5) is 0 Å². The van der Waals surface area contributed by atoms with Crippen LogP contribution >= 0.6 is 0 Å². The van der Waals surface area contributed by atoms with E-state index in [0.717, 1.165) is 4.73 Å². The maximum absolute atomic E-state index is 8.42. The van der Waals surface area contributed by atoms with Crippen LogP contribution in [0, 0.1) is 0 Å². The van der Waals surface area contributed by atoms with Crippen molar-refractivity contribution in [1.82, 2.24) is 9.97 Å². The molecule has 1 N–H and O–H groups in total. The van der Waals surface area contributed by atoms with Crippen molar-refractivity contribution in [2.75, 3.05) is 0 Å². The molecule has 0 saturated carbocycles. The molecule has 7 heavy (non-hydrogen) atoms. The fourth-order valence-electron chi connectivity index (χ4n) is 0.265. The summed E-state index contributed by atoms with van der Waals surface area (Å²) in [6.45, 7) is 0. The minimum atomic E-state index is 0.778. The Morgan fingerprint density at radius 3 is 2.14 bits per heavy atom. The molecule has 0 aromatic carbocycles. The quantitative estimate of drug-likeness (QED) is 0.334. The van der Waals surface area contributed by atoms with Crippen molar-refractivity contribution in [3.63, 3.8) is 0 Å². The molecule has 0 radical (unpaired) electrons. The monoisotopic (exact) mass is 98.0 g/mol. The third-order valence-corrected chi connectivity index (χ3v) is 0.503. The molecule has 4 heteroatoms. The highest BCUT2D eigenvalue weighted by Gasteiger charge is 1.83. The van der Waals surface area contributed by atoms with Gasteiger partial charge in [0.2, 0.25) is 0 Å². The standard InChI is InChI=1S/C3H4N3O/c7-6-2-4-1-5-3-6/h1-3,7H/q+1. The Morgan fingerprint density at radius 1 is 1.29 bits per heavy atom. The average molecular weight is 98.1 g/mol. The van der Waals surface area contributed by atoms with Gasteiger partial charge in [0.05, 0.1) is 0 Å². The molecule has 1 heterocycles. The van der Waals surface area contributed by atoms with Gasteiger partial charge in [0, 0.05) is 0 Å². The highest BCUT2D eigenvalue weighted by Crippen LogP contribution is 1.54. The van der Waals surface area contributed by atoms with Crippen molar-refractivity contribution >= 4 is 0 Å². The second-order valence-corrected chi connectivity index (χ2v) is 1.02. The fraction of sp³-hybridized carbons (Fsp3) is 0. The zero-order valence-corrected chi connectivity index (χ0v) is 3.52. The van der Waals surface area contributed by atoms with E-state index in [0.29, 0.717) is 0 Å². The van der Waals surface area contributed by atoms with Crippen LogP contribution in [0.25, 0.3) is 0 Å². The van der Waals surface area contributed by atoms with E-state index >= 15 is 0 Å². The SMILES string of the molecule is O[n+]1cncnc1. The predicted octanol–water partition coefficient (Wildman–Crippen LogP) is -0.999. The first kappa shape index (κ1) is 3.98. The van der Waals surface area contributed by atoms with Gasteiger partial charge in [-0.3, -0.25) is 0 Å². The lowest BCUT2D eigenvalue weighted by Gasteiger charge is -1.76. The van der Waals surface area contributed by atoms with Gasteiger partial charge in [-0.2, -0.15) is 0 Å².